The minimum Gasteiger partial charge on any atom is -0.227 e. The van der Waals surface area contributed by atoms with Crippen LogP contribution in [0.4, 0.5) is 0 Å². The Morgan fingerprint density at radius 3 is 2.50 bits per heavy atom. The van der Waals surface area contributed by atoms with E-state index < -0.39 is 0 Å². The number of nitrogens with zero attached hydrogens (tertiary/aromatic N) is 3. The van der Waals surface area contributed by atoms with Crippen LogP contribution in [0.5, 0.6) is 0 Å². The smallest absolute Gasteiger partial charge is 0.129 e. The van der Waals surface area contributed by atoms with Crippen LogP contribution in [0.1, 0.15) is 10.9 Å². The predicted octanol–water partition coefficient (Wildman–Crippen LogP) is 5.42. The Hall–Kier alpha value is -2.30. The molecule has 1 atom stereocenters. The molecular formula is C19H14ClN3S. The predicted molar refractivity (Wildman–Crippen MR) is 99.4 cm³/mol. The summed E-state index contributed by atoms with van der Waals surface area (Å²) < 4.78 is 1.96. The van der Waals surface area contributed by atoms with Crippen LogP contribution in [0, 0.1) is 0 Å². The van der Waals surface area contributed by atoms with Gasteiger partial charge >= 0.3 is 0 Å². The minimum absolute atomic E-state index is 0.0431. The molecule has 0 saturated carbocycles. The van der Waals surface area contributed by atoms with Crippen molar-refractivity contribution in [3.63, 3.8) is 0 Å². The molecule has 0 aliphatic rings. The zero-order valence-corrected chi connectivity index (χ0v) is 14.3. The zero-order chi connectivity index (χ0) is 16.4. The van der Waals surface area contributed by atoms with E-state index in [-0.39, 0.29) is 5.37 Å². The van der Waals surface area contributed by atoms with Gasteiger partial charge in [-0.25, -0.2) is 4.68 Å². The van der Waals surface area contributed by atoms with Crippen LogP contribution < -0.4 is 0 Å². The molecule has 0 saturated heterocycles. The molecule has 3 aromatic carbocycles. The summed E-state index contributed by atoms with van der Waals surface area (Å²) >= 11 is 7.94. The van der Waals surface area contributed by atoms with Gasteiger partial charge in [-0.05, 0) is 42.0 Å². The Morgan fingerprint density at radius 1 is 0.875 bits per heavy atom. The molecule has 0 aliphatic carbocycles. The van der Waals surface area contributed by atoms with Crippen molar-refractivity contribution < 1.29 is 0 Å². The summed E-state index contributed by atoms with van der Waals surface area (Å²) in [5.74, 6) is 0. The first-order valence-corrected chi connectivity index (χ1v) is 8.84. The van der Waals surface area contributed by atoms with Gasteiger partial charge in [-0.15, -0.1) is 5.10 Å². The molecule has 3 nitrogen and oxygen atoms in total. The van der Waals surface area contributed by atoms with Crippen molar-refractivity contribution in [1.82, 2.24) is 15.0 Å². The first-order valence-electron chi connectivity index (χ1n) is 7.58. The fourth-order valence-corrected chi connectivity index (χ4v) is 3.92. The normalized spacial score (nSPS) is 12.4. The van der Waals surface area contributed by atoms with E-state index in [1.54, 1.807) is 11.8 Å². The third kappa shape index (κ3) is 3.03. The summed E-state index contributed by atoms with van der Waals surface area (Å²) in [4.78, 5) is 1.17. The summed E-state index contributed by atoms with van der Waals surface area (Å²) in [5, 5.41) is 9.37. The highest BCUT2D eigenvalue weighted by Gasteiger charge is 2.19. The molecule has 0 radical (unpaired) electrons. The number of hydrogen-bond donors (Lipinski definition) is 0. The molecule has 118 valence electrons. The van der Waals surface area contributed by atoms with Crippen molar-refractivity contribution >= 4 is 34.4 Å². The highest BCUT2D eigenvalue weighted by molar-refractivity contribution is 7.99. The van der Waals surface area contributed by atoms with E-state index in [1.807, 2.05) is 65.3 Å². The molecule has 24 heavy (non-hydrogen) atoms. The van der Waals surface area contributed by atoms with Crippen molar-refractivity contribution in [3.05, 3.63) is 89.4 Å². The summed E-state index contributed by atoms with van der Waals surface area (Å²) in [7, 11) is 0. The molecule has 0 spiro atoms. The third-order valence-electron chi connectivity index (χ3n) is 3.72. The first kappa shape index (κ1) is 15.2. The molecule has 5 heteroatoms. The Morgan fingerprint density at radius 2 is 1.67 bits per heavy atom. The highest BCUT2D eigenvalue weighted by atomic mass is 35.5. The second kappa shape index (κ2) is 6.67. The van der Waals surface area contributed by atoms with Crippen LogP contribution >= 0.6 is 23.4 Å². The second-order valence-corrected chi connectivity index (χ2v) is 6.95. The van der Waals surface area contributed by atoms with Crippen molar-refractivity contribution in [2.75, 3.05) is 0 Å². The topological polar surface area (TPSA) is 30.7 Å². The first-order chi connectivity index (χ1) is 11.8. The van der Waals surface area contributed by atoms with Gasteiger partial charge in [0.25, 0.3) is 0 Å². The van der Waals surface area contributed by atoms with Crippen LogP contribution in [0.25, 0.3) is 11.0 Å². The summed E-state index contributed by atoms with van der Waals surface area (Å²) in [5.41, 5.74) is 2.98. The third-order valence-corrected chi connectivity index (χ3v) is 5.20. The molecule has 0 N–H and O–H groups in total. The van der Waals surface area contributed by atoms with Gasteiger partial charge in [0.15, 0.2) is 0 Å². The summed E-state index contributed by atoms with van der Waals surface area (Å²) in [6, 6.07) is 26.2. The molecule has 4 aromatic rings. The quantitative estimate of drug-likeness (QED) is 0.460. The average molecular weight is 352 g/mol. The number of benzene rings is 3. The average Bonchev–Trinajstić information content (AvgIpc) is 3.04. The van der Waals surface area contributed by atoms with Gasteiger partial charge in [0.2, 0.25) is 0 Å². The van der Waals surface area contributed by atoms with Crippen LogP contribution in [-0.2, 0) is 0 Å². The lowest BCUT2D eigenvalue weighted by atomic mass is 10.2. The molecule has 0 fully saturated rings. The van der Waals surface area contributed by atoms with E-state index in [1.165, 1.54) is 4.90 Å². The van der Waals surface area contributed by atoms with Gasteiger partial charge < -0.3 is 0 Å². The molecular weight excluding hydrogens is 338 g/mol. The number of aromatic nitrogens is 3. The Labute approximate surface area is 149 Å². The zero-order valence-electron chi connectivity index (χ0n) is 12.7. The molecule has 1 aromatic heterocycles. The Kier molecular flexibility index (Phi) is 4.24. The Balaban J connectivity index is 1.83. The standard InChI is InChI=1S/C19H14ClN3S/c20-15-8-6-7-14(13-15)19(24-16-9-2-1-3-10-16)23-18-12-5-4-11-17(18)21-22-23/h1-13,19H. The van der Waals surface area contributed by atoms with Gasteiger partial charge in [-0.1, -0.05) is 71.0 Å². The SMILES string of the molecule is Clc1cccc(C(Sc2ccccc2)n2nnc3ccccc32)c1. The summed E-state index contributed by atoms with van der Waals surface area (Å²) in [6.45, 7) is 0. The fraction of sp³-hybridized carbons (Fsp3) is 0.0526. The van der Waals surface area contributed by atoms with E-state index in [4.69, 9.17) is 11.6 Å². The van der Waals surface area contributed by atoms with Gasteiger partial charge in [-0.3, -0.25) is 0 Å². The second-order valence-electron chi connectivity index (χ2n) is 5.36. The number of hydrogen-bond acceptors (Lipinski definition) is 3. The van der Waals surface area contributed by atoms with E-state index in [0.29, 0.717) is 0 Å². The van der Waals surface area contributed by atoms with Gasteiger partial charge in [0.05, 0.1) is 5.52 Å². The lowest BCUT2D eigenvalue weighted by molar-refractivity contribution is 0.655. The van der Waals surface area contributed by atoms with E-state index in [0.717, 1.165) is 21.6 Å². The Bertz CT molecular complexity index is 968. The van der Waals surface area contributed by atoms with Gasteiger partial charge in [-0.2, -0.15) is 0 Å². The maximum absolute atomic E-state index is 6.22. The highest BCUT2D eigenvalue weighted by Crippen LogP contribution is 2.38. The minimum atomic E-state index is -0.0431. The number of halogens is 1. The van der Waals surface area contributed by atoms with Gasteiger partial charge in [0.1, 0.15) is 10.9 Å². The maximum atomic E-state index is 6.22. The van der Waals surface area contributed by atoms with E-state index in [9.17, 15) is 0 Å². The molecule has 0 bridgehead atoms. The number of para-hydroxylation sites is 1. The lowest BCUT2D eigenvalue weighted by Gasteiger charge is -2.18. The van der Waals surface area contributed by atoms with Crippen LogP contribution in [0.15, 0.2) is 83.8 Å². The van der Waals surface area contributed by atoms with E-state index >= 15 is 0 Å². The van der Waals surface area contributed by atoms with Crippen LogP contribution in [0.3, 0.4) is 0 Å². The fourth-order valence-electron chi connectivity index (χ4n) is 2.61. The van der Waals surface area contributed by atoms with Gasteiger partial charge in [0, 0.05) is 9.92 Å². The number of rotatable bonds is 4. The molecule has 0 amide bonds. The van der Waals surface area contributed by atoms with Crippen molar-refractivity contribution in [3.8, 4) is 0 Å². The molecule has 1 heterocycles. The monoisotopic (exact) mass is 351 g/mol. The van der Waals surface area contributed by atoms with E-state index in [2.05, 4.69) is 28.5 Å². The number of thioether (sulfide) groups is 1. The molecule has 1 unspecified atom stereocenters. The number of fused-ring (bicyclic) bond motifs is 1. The summed E-state index contributed by atoms with van der Waals surface area (Å²) in [6.07, 6.45) is 0. The maximum Gasteiger partial charge on any atom is 0.129 e. The molecule has 0 aliphatic heterocycles. The lowest BCUT2D eigenvalue weighted by Crippen LogP contribution is -2.09. The largest absolute Gasteiger partial charge is 0.227 e. The van der Waals surface area contributed by atoms with Crippen molar-refractivity contribution in [2.45, 2.75) is 10.3 Å². The molecule has 4 rings (SSSR count). The van der Waals surface area contributed by atoms with Crippen LogP contribution in [-0.4, -0.2) is 15.0 Å². The van der Waals surface area contributed by atoms with Crippen molar-refractivity contribution in [1.29, 1.82) is 0 Å². The van der Waals surface area contributed by atoms with Crippen LogP contribution in [0.2, 0.25) is 5.02 Å². The van der Waals surface area contributed by atoms with Crippen molar-refractivity contribution in [2.24, 2.45) is 0 Å².